The van der Waals surface area contributed by atoms with Crippen molar-refractivity contribution in [1.29, 1.82) is 0 Å². The predicted molar refractivity (Wildman–Crippen MR) is 242 cm³/mol. The molecule has 4 bridgehead atoms. The van der Waals surface area contributed by atoms with Gasteiger partial charge >= 0.3 is 27.6 Å². The maximum Gasteiger partial charge on any atom is 0.466 e. The van der Waals surface area contributed by atoms with Gasteiger partial charge in [0.1, 0.15) is 35.7 Å². The molecule has 2 saturated heterocycles. The number of hydrogen-bond acceptors (Lipinski definition) is 13. The number of para-hydroxylation sites is 1. The molecule has 4 aliphatic heterocycles. The van der Waals surface area contributed by atoms with Crippen molar-refractivity contribution in [3.63, 3.8) is 0 Å². The first kappa shape index (κ1) is 52.7. The van der Waals surface area contributed by atoms with E-state index in [-0.39, 0.29) is 39.8 Å². The first-order valence-corrected chi connectivity index (χ1v) is 24.5. The third kappa shape index (κ3) is 9.87. The number of carbonyl (C=O) groups is 2. The number of carboxylic acid groups (broad SMARTS) is 1. The molecule has 0 radical (unpaired) electrons. The minimum absolute atomic E-state index is 0. The molecule has 23 heteroatoms. The molecule has 4 aliphatic carbocycles. The highest BCUT2D eigenvalue weighted by Crippen LogP contribution is 2.64. The van der Waals surface area contributed by atoms with Gasteiger partial charge < -0.3 is 83.6 Å². The zero-order chi connectivity index (χ0) is 49.0. The van der Waals surface area contributed by atoms with Gasteiger partial charge in [0.2, 0.25) is 0 Å². The lowest BCUT2D eigenvalue weighted by molar-refractivity contribution is -0.131. The first-order chi connectivity index (χ1) is 31.4. The van der Waals surface area contributed by atoms with Crippen LogP contribution in [-0.4, -0.2) is 150 Å². The van der Waals surface area contributed by atoms with Crippen LogP contribution in [0, 0.1) is 11.8 Å². The Labute approximate surface area is 391 Å². The van der Waals surface area contributed by atoms with Gasteiger partial charge in [-0.3, -0.25) is 4.79 Å². The van der Waals surface area contributed by atoms with Crippen LogP contribution in [0.4, 0.5) is 0 Å². The molecular weight excluding hydrogens is 934 g/mol. The van der Waals surface area contributed by atoms with Crippen LogP contribution in [0.3, 0.4) is 0 Å². The molecule has 68 heavy (non-hydrogen) atoms. The molecule has 10 atom stereocenters. The van der Waals surface area contributed by atoms with Crippen molar-refractivity contribution in [3.05, 3.63) is 101 Å². The third-order valence-electron chi connectivity index (χ3n) is 14.1. The zero-order valence-corrected chi connectivity index (χ0v) is 39.6. The van der Waals surface area contributed by atoms with E-state index >= 15 is 0 Å². The summed E-state index contributed by atoms with van der Waals surface area (Å²) in [6.07, 6.45) is 11.1. The van der Waals surface area contributed by atoms with Crippen molar-refractivity contribution < 1.29 is 92.6 Å². The van der Waals surface area contributed by atoms with Crippen molar-refractivity contribution in [1.82, 2.24) is 9.80 Å². The molecule has 8 aliphatic rings. The standard InChI is InChI=1S/2C18H21NO3.C9H8O4.2H3O4P.H2O/c2*1-19-8-7-18-11-4-5-13(20)17(18)22-16-14(21-2)6-3-10(15(16)18)9-12(11)19;1-6(10)13-8-5-3-2-4-7(8)9(11)12;2*1-5(2,3)4;/h2*3-6,11-13,17,20H,7-9H2,1-2H3;2-5H,1H3,(H,11,12);2*(H3,1,2,3,4);1H2/t2*11-,12+,13-,17-,18-;;;;/m00..../s1. The Balaban J connectivity index is 0.000000156. The molecule has 0 unspecified atom stereocenters. The van der Waals surface area contributed by atoms with Gasteiger partial charge in [-0.1, -0.05) is 48.6 Å². The average Bonchev–Trinajstić information content (AvgIpc) is 3.79. The van der Waals surface area contributed by atoms with Crippen LogP contribution < -0.4 is 23.7 Å². The number of aliphatic hydroxyl groups is 2. The number of ether oxygens (including phenoxy) is 5. The van der Waals surface area contributed by atoms with E-state index in [0.29, 0.717) is 23.9 Å². The molecular formula is C45H58N2O19P2. The quantitative estimate of drug-likeness (QED) is 0.0776. The Bertz CT molecular complexity index is 2390. The van der Waals surface area contributed by atoms with Crippen LogP contribution in [0.1, 0.15) is 52.4 Å². The van der Waals surface area contributed by atoms with Gasteiger partial charge in [0.05, 0.1) is 14.2 Å². The highest BCUT2D eigenvalue weighted by atomic mass is 31.2. The monoisotopic (exact) mass is 992 g/mol. The number of aliphatic hydroxyl groups excluding tert-OH is 2. The first-order valence-electron chi connectivity index (χ1n) is 21.4. The van der Waals surface area contributed by atoms with Crippen molar-refractivity contribution in [3.8, 4) is 28.7 Å². The van der Waals surface area contributed by atoms with Crippen LogP contribution in [0.25, 0.3) is 0 Å². The second-order valence-corrected chi connectivity index (χ2v) is 19.7. The highest BCUT2D eigenvalue weighted by molar-refractivity contribution is 7.45. The molecule has 2 fully saturated rings. The summed E-state index contributed by atoms with van der Waals surface area (Å²) in [5.41, 5.74) is 5.19. The normalized spacial score (nSPS) is 30.1. The highest BCUT2D eigenvalue weighted by Gasteiger charge is 2.65. The molecule has 0 aromatic heterocycles. The fourth-order valence-electron chi connectivity index (χ4n) is 11.7. The fourth-order valence-corrected chi connectivity index (χ4v) is 11.7. The number of carbonyl (C=O) groups excluding carboxylic acids is 1. The zero-order valence-electron chi connectivity index (χ0n) is 37.8. The second-order valence-electron chi connectivity index (χ2n) is 17.6. The van der Waals surface area contributed by atoms with Gasteiger partial charge in [0, 0.05) is 52.8 Å². The second kappa shape index (κ2) is 20.0. The number of hydrogen-bond donors (Lipinski definition) is 9. The van der Waals surface area contributed by atoms with E-state index in [1.54, 1.807) is 26.4 Å². The van der Waals surface area contributed by atoms with Crippen molar-refractivity contribution in [2.75, 3.05) is 41.4 Å². The summed E-state index contributed by atoms with van der Waals surface area (Å²) in [5.74, 6) is 2.60. The number of piperidine rings is 2. The summed E-state index contributed by atoms with van der Waals surface area (Å²) < 4.78 is 46.1. The molecule has 2 spiro atoms. The van der Waals surface area contributed by atoms with Gasteiger partial charge in [-0.15, -0.1) is 0 Å². The number of esters is 1. The Hall–Kier alpha value is -4.70. The number of rotatable bonds is 4. The molecule has 0 saturated carbocycles. The number of phosphoric acid groups is 2. The topological polar surface area (TPSA) is 334 Å². The number of nitrogens with zero attached hydrogens (tertiary/aromatic N) is 2. The lowest BCUT2D eigenvalue weighted by Crippen LogP contribution is -2.64. The summed E-state index contributed by atoms with van der Waals surface area (Å²) in [6.45, 7) is 3.33. The van der Waals surface area contributed by atoms with E-state index in [0.717, 1.165) is 61.8 Å². The van der Waals surface area contributed by atoms with E-state index < -0.39 is 39.8 Å². The Morgan fingerprint density at radius 2 is 1.06 bits per heavy atom. The summed E-state index contributed by atoms with van der Waals surface area (Å²) in [5, 5.41) is 29.8. The Morgan fingerprint density at radius 1 is 0.662 bits per heavy atom. The summed E-state index contributed by atoms with van der Waals surface area (Å²) in [4.78, 5) is 69.3. The smallest absolute Gasteiger partial charge is 0.466 e. The van der Waals surface area contributed by atoms with Gasteiger partial charge in [0.15, 0.2) is 23.0 Å². The minimum atomic E-state index is -4.64. The Kier molecular flexibility index (Phi) is 15.5. The summed E-state index contributed by atoms with van der Waals surface area (Å²) >= 11 is 0. The number of benzene rings is 3. The van der Waals surface area contributed by atoms with Crippen molar-refractivity contribution in [2.24, 2.45) is 11.8 Å². The summed E-state index contributed by atoms with van der Waals surface area (Å²) in [7, 11) is -1.46. The minimum Gasteiger partial charge on any atom is -0.493 e. The molecule has 372 valence electrons. The van der Waals surface area contributed by atoms with Crippen LogP contribution in [-0.2, 0) is 37.6 Å². The van der Waals surface area contributed by atoms with E-state index in [1.165, 1.54) is 41.3 Å². The molecule has 11 rings (SSSR count). The van der Waals surface area contributed by atoms with E-state index in [9.17, 15) is 19.8 Å². The lowest BCUT2D eigenvalue weighted by Gasteiger charge is -2.56. The largest absolute Gasteiger partial charge is 0.493 e. The number of likely N-dealkylation sites (N-methyl/N-ethyl adjacent to an activating group) is 2. The van der Waals surface area contributed by atoms with E-state index in [4.69, 9.17) is 62.5 Å². The van der Waals surface area contributed by atoms with Crippen LogP contribution >= 0.6 is 15.6 Å². The number of methoxy groups -OCH3 is 2. The molecule has 4 heterocycles. The lowest BCUT2D eigenvalue weighted by atomic mass is 9.53. The average molecular weight is 993 g/mol. The molecule has 21 nitrogen and oxygen atoms in total. The number of carboxylic acids is 1. The van der Waals surface area contributed by atoms with Gasteiger partial charge in [-0.25, -0.2) is 13.9 Å². The summed E-state index contributed by atoms with van der Waals surface area (Å²) in [6, 6.07) is 15.4. The van der Waals surface area contributed by atoms with Crippen LogP contribution in [0.15, 0.2) is 72.8 Å². The Morgan fingerprint density at radius 3 is 1.43 bits per heavy atom. The maximum atomic E-state index is 10.6. The SMILES string of the molecule is CC(=O)Oc1ccccc1C(=O)O.COc1ccc2c3c1O[C@H]1[C@@H](O)C=C[C@H]4[C@@H](C2)N(C)CC[C@@]341.COc1ccc2c3c1O[C@H]1[C@@H](O)C=C[C@H]4[C@@H](C2)N(C)CC[C@@]341.O.O=P(O)(O)O.O=P(O)(O)O. The number of likely N-dealkylation sites (tertiary alicyclic amines) is 2. The van der Waals surface area contributed by atoms with Gasteiger partial charge in [-0.2, -0.15) is 0 Å². The van der Waals surface area contributed by atoms with Crippen LogP contribution in [0.2, 0.25) is 0 Å². The van der Waals surface area contributed by atoms with Gasteiger partial charge in [0.25, 0.3) is 0 Å². The predicted octanol–water partition coefficient (Wildman–Crippen LogP) is 1.63. The number of aromatic carboxylic acids is 1. The molecule has 3 aromatic carbocycles. The fraction of sp³-hybridized carbons (Fsp3) is 0.467. The molecule has 11 N–H and O–H groups in total. The third-order valence-corrected chi connectivity index (χ3v) is 14.1. The molecule has 3 aromatic rings. The van der Waals surface area contributed by atoms with E-state index in [2.05, 4.69) is 52.9 Å². The van der Waals surface area contributed by atoms with E-state index in [1.807, 2.05) is 24.3 Å². The van der Waals surface area contributed by atoms with Crippen LogP contribution in [0.5, 0.6) is 28.7 Å². The van der Waals surface area contributed by atoms with Crippen molar-refractivity contribution >= 4 is 27.6 Å². The van der Waals surface area contributed by atoms with Crippen molar-refractivity contribution in [2.45, 2.75) is 79.9 Å². The maximum absolute atomic E-state index is 10.6. The van der Waals surface area contributed by atoms with Gasteiger partial charge in [-0.05, 0) is 88.3 Å². The molecule has 0 amide bonds.